The van der Waals surface area contributed by atoms with Gasteiger partial charge in [0.1, 0.15) is 11.6 Å². The lowest BCUT2D eigenvalue weighted by atomic mass is 10.1. The van der Waals surface area contributed by atoms with Crippen LogP contribution in [-0.4, -0.2) is 17.7 Å². The summed E-state index contributed by atoms with van der Waals surface area (Å²) in [6.07, 6.45) is 2.66. The van der Waals surface area contributed by atoms with Gasteiger partial charge < -0.3 is 9.84 Å². The van der Waals surface area contributed by atoms with Crippen molar-refractivity contribution in [3.05, 3.63) is 29.6 Å². The SMILES string of the molecule is O=C(O)CCc1cc(F)ccc1OCC1CC1. The normalized spacial score (nSPS) is 14.6. The molecule has 0 saturated heterocycles. The first-order chi connectivity index (χ1) is 8.15. The summed E-state index contributed by atoms with van der Waals surface area (Å²) in [6.45, 7) is 0.645. The summed E-state index contributed by atoms with van der Waals surface area (Å²) in [4.78, 5) is 10.5. The Balaban J connectivity index is 2.02. The van der Waals surface area contributed by atoms with Crippen molar-refractivity contribution in [2.75, 3.05) is 6.61 Å². The highest BCUT2D eigenvalue weighted by atomic mass is 19.1. The predicted octanol–water partition coefficient (Wildman–Crippen LogP) is 2.63. The van der Waals surface area contributed by atoms with Crippen molar-refractivity contribution in [2.45, 2.75) is 25.7 Å². The van der Waals surface area contributed by atoms with Crippen LogP contribution in [-0.2, 0) is 11.2 Å². The van der Waals surface area contributed by atoms with Crippen LogP contribution in [0.25, 0.3) is 0 Å². The number of hydrogen-bond donors (Lipinski definition) is 1. The third kappa shape index (κ3) is 3.73. The van der Waals surface area contributed by atoms with E-state index in [2.05, 4.69) is 0 Å². The third-order valence-corrected chi connectivity index (χ3v) is 2.80. The van der Waals surface area contributed by atoms with Gasteiger partial charge in [0.25, 0.3) is 0 Å². The second-order valence-electron chi connectivity index (χ2n) is 4.40. The van der Waals surface area contributed by atoms with Crippen molar-refractivity contribution < 1.29 is 19.0 Å². The fraction of sp³-hybridized carbons (Fsp3) is 0.462. The van der Waals surface area contributed by atoms with Crippen LogP contribution >= 0.6 is 0 Å². The molecule has 0 atom stereocenters. The molecular formula is C13H15FO3. The molecule has 0 radical (unpaired) electrons. The Morgan fingerprint density at radius 3 is 2.88 bits per heavy atom. The lowest BCUT2D eigenvalue weighted by Gasteiger charge is -2.10. The van der Waals surface area contributed by atoms with E-state index in [0.717, 1.165) is 0 Å². The summed E-state index contributed by atoms with van der Waals surface area (Å²) in [5, 5.41) is 8.63. The summed E-state index contributed by atoms with van der Waals surface area (Å²) in [6, 6.07) is 4.27. The number of aliphatic carboxylic acids is 1. The number of carbonyl (C=O) groups is 1. The molecule has 2 rings (SSSR count). The van der Waals surface area contributed by atoms with Crippen LogP contribution in [0.2, 0.25) is 0 Å². The second-order valence-corrected chi connectivity index (χ2v) is 4.40. The maximum atomic E-state index is 13.1. The second kappa shape index (κ2) is 5.17. The van der Waals surface area contributed by atoms with Gasteiger partial charge in [0.2, 0.25) is 0 Å². The van der Waals surface area contributed by atoms with E-state index in [1.54, 1.807) is 6.07 Å². The largest absolute Gasteiger partial charge is 0.493 e. The Hall–Kier alpha value is -1.58. The molecule has 0 heterocycles. The molecule has 92 valence electrons. The van der Waals surface area contributed by atoms with Gasteiger partial charge in [-0.15, -0.1) is 0 Å². The van der Waals surface area contributed by atoms with Crippen LogP contribution in [0, 0.1) is 11.7 Å². The molecular weight excluding hydrogens is 223 g/mol. The first-order valence-electron chi connectivity index (χ1n) is 5.78. The zero-order valence-electron chi connectivity index (χ0n) is 9.49. The van der Waals surface area contributed by atoms with Crippen LogP contribution in [0.1, 0.15) is 24.8 Å². The van der Waals surface area contributed by atoms with Gasteiger partial charge in [0, 0.05) is 6.42 Å². The molecule has 3 nitrogen and oxygen atoms in total. The van der Waals surface area contributed by atoms with Gasteiger partial charge in [-0.25, -0.2) is 4.39 Å². The molecule has 0 bridgehead atoms. The highest BCUT2D eigenvalue weighted by molar-refractivity contribution is 5.67. The van der Waals surface area contributed by atoms with Gasteiger partial charge in [0.05, 0.1) is 6.61 Å². The van der Waals surface area contributed by atoms with E-state index in [1.165, 1.54) is 25.0 Å². The Kier molecular flexibility index (Phi) is 3.61. The number of rotatable bonds is 6. The van der Waals surface area contributed by atoms with Gasteiger partial charge in [-0.3, -0.25) is 4.79 Å². The average molecular weight is 238 g/mol. The topological polar surface area (TPSA) is 46.5 Å². The van der Waals surface area contributed by atoms with Crippen LogP contribution in [0.4, 0.5) is 4.39 Å². The minimum absolute atomic E-state index is 0.0107. The molecule has 0 aromatic heterocycles. The molecule has 0 unspecified atom stereocenters. The van der Waals surface area contributed by atoms with Gasteiger partial charge in [-0.05, 0) is 48.9 Å². The van der Waals surface area contributed by atoms with E-state index in [4.69, 9.17) is 9.84 Å². The Labute approximate surface area is 99.2 Å². The molecule has 4 heteroatoms. The zero-order chi connectivity index (χ0) is 12.3. The monoisotopic (exact) mass is 238 g/mol. The number of carboxylic acids is 1. The van der Waals surface area contributed by atoms with E-state index in [1.807, 2.05) is 0 Å². The molecule has 1 saturated carbocycles. The van der Waals surface area contributed by atoms with E-state index >= 15 is 0 Å². The fourth-order valence-electron chi connectivity index (χ4n) is 1.62. The standard InChI is InChI=1S/C13H15FO3/c14-11-4-5-12(17-8-9-1-2-9)10(7-11)3-6-13(15)16/h4-5,7,9H,1-3,6,8H2,(H,15,16). The molecule has 1 N–H and O–H groups in total. The molecule has 0 aliphatic heterocycles. The van der Waals surface area contributed by atoms with E-state index in [9.17, 15) is 9.18 Å². The Morgan fingerprint density at radius 1 is 1.47 bits per heavy atom. The molecule has 1 aliphatic rings. The Morgan fingerprint density at radius 2 is 2.24 bits per heavy atom. The van der Waals surface area contributed by atoms with Gasteiger partial charge in [-0.2, -0.15) is 0 Å². The average Bonchev–Trinajstić information content (AvgIpc) is 3.09. The summed E-state index contributed by atoms with van der Waals surface area (Å²) >= 11 is 0. The molecule has 1 aliphatic carbocycles. The van der Waals surface area contributed by atoms with Crippen molar-refractivity contribution in [1.29, 1.82) is 0 Å². The third-order valence-electron chi connectivity index (χ3n) is 2.80. The van der Waals surface area contributed by atoms with Gasteiger partial charge >= 0.3 is 5.97 Å². The number of halogens is 1. The summed E-state index contributed by atoms with van der Waals surface area (Å²) in [5.74, 6) is -0.0153. The lowest BCUT2D eigenvalue weighted by Crippen LogP contribution is -2.04. The zero-order valence-corrected chi connectivity index (χ0v) is 9.49. The number of ether oxygens (including phenoxy) is 1. The first-order valence-corrected chi connectivity index (χ1v) is 5.78. The van der Waals surface area contributed by atoms with Crippen molar-refractivity contribution in [2.24, 2.45) is 5.92 Å². The number of carboxylic acid groups (broad SMARTS) is 1. The maximum Gasteiger partial charge on any atom is 0.303 e. The van der Waals surface area contributed by atoms with Crippen LogP contribution in [0.5, 0.6) is 5.75 Å². The number of benzene rings is 1. The number of hydrogen-bond acceptors (Lipinski definition) is 2. The molecule has 1 aromatic rings. The highest BCUT2D eigenvalue weighted by Gasteiger charge is 2.22. The van der Waals surface area contributed by atoms with Crippen molar-refractivity contribution in [3.63, 3.8) is 0 Å². The van der Waals surface area contributed by atoms with Crippen molar-refractivity contribution >= 4 is 5.97 Å². The van der Waals surface area contributed by atoms with Crippen LogP contribution in [0.3, 0.4) is 0 Å². The summed E-state index contributed by atoms with van der Waals surface area (Å²) < 4.78 is 18.7. The molecule has 0 spiro atoms. The Bertz CT molecular complexity index is 413. The minimum Gasteiger partial charge on any atom is -0.493 e. The summed E-state index contributed by atoms with van der Waals surface area (Å²) in [7, 11) is 0. The quantitative estimate of drug-likeness (QED) is 0.828. The highest BCUT2D eigenvalue weighted by Crippen LogP contribution is 2.30. The van der Waals surface area contributed by atoms with Crippen molar-refractivity contribution in [3.8, 4) is 5.75 Å². The van der Waals surface area contributed by atoms with Gasteiger partial charge in [-0.1, -0.05) is 0 Å². The predicted molar refractivity (Wildman–Crippen MR) is 60.6 cm³/mol. The molecule has 0 amide bonds. The molecule has 1 fully saturated rings. The van der Waals surface area contributed by atoms with E-state index in [0.29, 0.717) is 30.3 Å². The first kappa shape index (κ1) is 11.9. The van der Waals surface area contributed by atoms with E-state index in [-0.39, 0.29) is 12.2 Å². The van der Waals surface area contributed by atoms with Gasteiger partial charge in [0.15, 0.2) is 0 Å². The lowest BCUT2D eigenvalue weighted by molar-refractivity contribution is -0.136. The molecule has 17 heavy (non-hydrogen) atoms. The van der Waals surface area contributed by atoms with E-state index < -0.39 is 5.97 Å². The maximum absolute atomic E-state index is 13.1. The van der Waals surface area contributed by atoms with Crippen LogP contribution < -0.4 is 4.74 Å². The summed E-state index contributed by atoms with van der Waals surface area (Å²) in [5.41, 5.74) is 0.632. The fourth-order valence-corrected chi connectivity index (χ4v) is 1.62. The smallest absolute Gasteiger partial charge is 0.303 e. The van der Waals surface area contributed by atoms with Crippen molar-refractivity contribution in [1.82, 2.24) is 0 Å². The van der Waals surface area contributed by atoms with Crippen LogP contribution in [0.15, 0.2) is 18.2 Å². The molecule has 1 aromatic carbocycles. The number of aryl methyl sites for hydroxylation is 1. The minimum atomic E-state index is -0.887.